The lowest BCUT2D eigenvalue weighted by Crippen LogP contribution is -2.30. The van der Waals surface area contributed by atoms with Gasteiger partial charge in [-0.2, -0.15) is 0 Å². The predicted octanol–water partition coefficient (Wildman–Crippen LogP) is 8.81. The molecule has 0 aliphatic carbocycles. The summed E-state index contributed by atoms with van der Waals surface area (Å²) in [6.07, 6.45) is 27.6. The Bertz CT molecular complexity index is 945. The molecule has 0 aliphatic rings. The van der Waals surface area contributed by atoms with Crippen molar-refractivity contribution in [3.8, 4) is 0 Å². The Morgan fingerprint density at radius 3 is 1.90 bits per heavy atom. The minimum Gasteiger partial charge on any atom is -0.462 e. The fourth-order valence-corrected chi connectivity index (χ4v) is 5.40. The summed E-state index contributed by atoms with van der Waals surface area (Å²) < 4.78 is 26.1. The number of hydrogen-bond acceptors (Lipinski definition) is 8. The van der Waals surface area contributed by atoms with Gasteiger partial charge in [0.05, 0.1) is 18.8 Å². The molecule has 0 aromatic carbocycles. The maximum absolute atomic E-state index is 12.4. The van der Waals surface area contributed by atoms with E-state index in [1.165, 1.54) is 57.8 Å². The molecule has 0 aromatic heterocycles. The van der Waals surface area contributed by atoms with E-state index in [2.05, 4.69) is 49.6 Å². The van der Waals surface area contributed by atoms with Crippen molar-refractivity contribution >= 4 is 19.8 Å². The number of allylic oxidation sites excluding steroid dienone is 5. The van der Waals surface area contributed by atoms with E-state index in [-0.39, 0.29) is 38.7 Å². The van der Waals surface area contributed by atoms with Gasteiger partial charge in [-0.05, 0) is 57.3 Å². The molecule has 49 heavy (non-hydrogen) atoms. The summed E-state index contributed by atoms with van der Waals surface area (Å²) in [6, 6.07) is 0. The van der Waals surface area contributed by atoms with Crippen LogP contribution in [-0.2, 0) is 28.2 Å². The second kappa shape index (κ2) is 32.1. The van der Waals surface area contributed by atoms with Gasteiger partial charge in [0.2, 0.25) is 0 Å². The first-order valence-electron chi connectivity index (χ1n) is 18.8. The Morgan fingerprint density at radius 1 is 0.673 bits per heavy atom. The monoisotopic (exact) mass is 716 g/mol. The molecule has 0 saturated carbocycles. The van der Waals surface area contributed by atoms with E-state index in [1.807, 2.05) is 12.2 Å². The molecule has 0 radical (unpaired) electrons. The van der Waals surface area contributed by atoms with Crippen LogP contribution in [0.25, 0.3) is 0 Å². The van der Waals surface area contributed by atoms with Crippen molar-refractivity contribution in [2.75, 3.05) is 13.2 Å². The van der Waals surface area contributed by atoms with Gasteiger partial charge < -0.3 is 29.5 Å². The number of aliphatic hydroxyl groups excluding tert-OH is 2. The Kier molecular flexibility index (Phi) is 30.9. The zero-order valence-electron chi connectivity index (χ0n) is 30.7. The van der Waals surface area contributed by atoms with Crippen molar-refractivity contribution in [2.24, 2.45) is 5.92 Å². The van der Waals surface area contributed by atoms with Crippen molar-refractivity contribution in [1.82, 2.24) is 0 Å². The molecule has 0 fully saturated rings. The van der Waals surface area contributed by atoms with Crippen molar-refractivity contribution < 1.29 is 48.2 Å². The largest absolute Gasteiger partial charge is 0.469 e. The van der Waals surface area contributed by atoms with Gasteiger partial charge in [-0.15, -0.1) is 0 Å². The quantitative estimate of drug-likeness (QED) is 0.0224. The Morgan fingerprint density at radius 2 is 1.27 bits per heavy atom. The van der Waals surface area contributed by atoms with Crippen LogP contribution in [-0.4, -0.2) is 63.5 Å². The van der Waals surface area contributed by atoms with Crippen molar-refractivity contribution in [2.45, 2.75) is 174 Å². The van der Waals surface area contributed by atoms with E-state index in [0.29, 0.717) is 6.42 Å². The average molecular weight is 717 g/mol. The molecule has 0 saturated heterocycles. The molecule has 10 nitrogen and oxygen atoms in total. The lowest BCUT2D eigenvalue weighted by Gasteiger charge is -2.19. The summed E-state index contributed by atoms with van der Waals surface area (Å²) in [6.45, 7) is 5.70. The van der Waals surface area contributed by atoms with Crippen LogP contribution in [0, 0.1) is 5.92 Å². The highest BCUT2D eigenvalue weighted by molar-refractivity contribution is 7.46. The molecule has 4 atom stereocenters. The summed E-state index contributed by atoms with van der Waals surface area (Å²) in [5.74, 6) is -0.366. The molecule has 0 aliphatic heterocycles. The molecule has 0 bridgehead atoms. The first kappa shape index (κ1) is 47.2. The molecular weight excluding hydrogens is 647 g/mol. The number of aliphatic hydroxyl groups is 2. The summed E-state index contributed by atoms with van der Waals surface area (Å²) >= 11 is 0. The second-order valence-electron chi connectivity index (χ2n) is 13.1. The molecule has 0 spiro atoms. The second-order valence-corrected chi connectivity index (χ2v) is 14.3. The number of carbonyl (C=O) groups excluding carboxylic acids is 2. The third kappa shape index (κ3) is 33.1. The average Bonchev–Trinajstić information content (AvgIpc) is 3.06. The van der Waals surface area contributed by atoms with Gasteiger partial charge in [0.15, 0.2) is 6.10 Å². The summed E-state index contributed by atoms with van der Waals surface area (Å²) in [5.41, 5.74) is 0. The van der Waals surface area contributed by atoms with Gasteiger partial charge >= 0.3 is 19.8 Å². The summed E-state index contributed by atoms with van der Waals surface area (Å²) in [5, 5.41) is 20.5. The molecule has 0 amide bonds. The standard InChI is InChI=1S/C38H69O10P/c1-4-6-7-8-9-10-11-12-13-17-20-23-27-35(39)36(40)28-25-30-38(42)48-34(32-47-49(43,44)45)31-46-37(41)29-24-21-18-15-14-16-19-22-26-33(3)5-2/h9-10,12-13,20,23,33-36,39-40H,4-8,11,14-19,21-22,24-32H2,1-3H3,(H2,43,44,45)/b10-9-,13-12-,23-20-/t33?,34-,35?,36?/m1/s1. The van der Waals surface area contributed by atoms with Crippen molar-refractivity contribution in [3.05, 3.63) is 36.5 Å². The predicted molar refractivity (Wildman–Crippen MR) is 196 cm³/mol. The van der Waals surface area contributed by atoms with Gasteiger partial charge in [0, 0.05) is 12.8 Å². The van der Waals surface area contributed by atoms with Crippen LogP contribution in [0.5, 0.6) is 0 Å². The van der Waals surface area contributed by atoms with Crippen molar-refractivity contribution in [1.29, 1.82) is 0 Å². The third-order valence-corrected chi connectivity index (χ3v) is 8.89. The van der Waals surface area contributed by atoms with Gasteiger partial charge in [-0.3, -0.25) is 14.1 Å². The summed E-state index contributed by atoms with van der Waals surface area (Å²) in [7, 11) is -4.83. The molecule has 11 heteroatoms. The van der Waals surface area contributed by atoms with Crippen LogP contribution >= 0.6 is 7.82 Å². The molecule has 0 aromatic rings. The molecule has 286 valence electrons. The highest BCUT2D eigenvalue weighted by atomic mass is 31.2. The van der Waals surface area contributed by atoms with Gasteiger partial charge in [0.1, 0.15) is 6.61 Å². The van der Waals surface area contributed by atoms with E-state index in [0.717, 1.165) is 44.4 Å². The molecule has 4 N–H and O–H groups in total. The molecular formula is C38H69O10P. The number of unbranched alkanes of at least 4 members (excludes halogenated alkanes) is 10. The molecule has 0 rings (SSSR count). The van der Waals surface area contributed by atoms with Crippen LogP contribution in [0.4, 0.5) is 0 Å². The van der Waals surface area contributed by atoms with Gasteiger partial charge in [0.25, 0.3) is 0 Å². The zero-order chi connectivity index (χ0) is 36.6. The Balaban J connectivity index is 4.27. The highest BCUT2D eigenvalue weighted by Crippen LogP contribution is 2.36. The Hall–Kier alpha value is -1.81. The minimum absolute atomic E-state index is 0.102. The number of hydrogen-bond donors (Lipinski definition) is 4. The normalized spacial score (nSPS) is 14.8. The molecule has 3 unspecified atom stereocenters. The topological polar surface area (TPSA) is 160 Å². The number of phosphoric ester groups is 1. The fourth-order valence-electron chi connectivity index (χ4n) is 5.04. The number of ether oxygens (including phenoxy) is 2. The maximum atomic E-state index is 12.4. The lowest BCUT2D eigenvalue weighted by atomic mass is 9.99. The van der Waals surface area contributed by atoms with E-state index in [9.17, 15) is 24.4 Å². The van der Waals surface area contributed by atoms with Crippen LogP contribution < -0.4 is 0 Å². The minimum atomic E-state index is -4.83. The van der Waals surface area contributed by atoms with Crippen LogP contribution in [0.2, 0.25) is 0 Å². The van der Waals surface area contributed by atoms with Crippen LogP contribution in [0.15, 0.2) is 36.5 Å². The van der Waals surface area contributed by atoms with Crippen LogP contribution in [0.1, 0.15) is 156 Å². The van der Waals surface area contributed by atoms with Gasteiger partial charge in [-0.25, -0.2) is 4.57 Å². The number of carbonyl (C=O) groups is 2. The highest BCUT2D eigenvalue weighted by Gasteiger charge is 2.23. The number of esters is 2. The summed E-state index contributed by atoms with van der Waals surface area (Å²) in [4.78, 5) is 42.7. The van der Waals surface area contributed by atoms with E-state index in [1.54, 1.807) is 0 Å². The lowest BCUT2D eigenvalue weighted by molar-refractivity contribution is -0.161. The van der Waals surface area contributed by atoms with E-state index < -0.39 is 44.7 Å². The third-order valence-electron chi connectivity index (χ3n) is 8.40. The zero-order valence-corrected chi connectivity index (χ0v) is 31.6. The fraction of sp³-hybridized carbons (Fsp3) is 0.789. The maximum Gasteiger partial charge on any atom is 0.469 e. The van der Waals surface area contributed by atoms with Crippen LogP contribution in [0.3, 0.4) is 0 Å². The first-order valence-corrected chi connectivity index (χ1v) is 20.4. The number of phosphoric acid groups is 1. The van der Waals surface area contributed by atoms with E-state index >= 15 is 0 Å². The Labute approximate surface area is 297 Å². The smallest absolute Gasteiger partial charge is 0.462 e. The van der Waals surface area contributed by atoms with Crippen molar-refractivity contribution in [3.63, 3.8) is 0 Å². The van der Waals surface area contributed by atoms with Gasteiger partial charge in [-0.1, -0.05) is 128 Å². The number of rotatable bonds is 33. The molecule has 0 heterocycles. The first-order chi connectivity index (χ1) is 23.5. The van der Waals surface area contributed by atoms with E-state index in [4.69, 9.17) is 19.3 Å². The SMILES string of the molecule is CCCCC/C=C\C/C=C\C/C=C\CC(O)C(O)CCCC(=O)O[C@H](COC(=O)CCCCCCCCCCC(C)CC)COP(=O)(O)O.